The van der Waals surface area contributed by atoms with Gasteiger partial charge < -0.3 is 20.0 Å². The molecule has 7 heteroatoms. The van der Waals surface area contributed by atoms with Crippen LogP contribution in [0.2, 0.25) is 0 Å². The Morgan fingerprint density at radius 3 is 2.55 bits per heavy atom. The first-order chi connectivity index (χ1) is 9.59. The molecule has 0 aliphatic carbocycles. The third-order valence-electron chi connectivity index (χ3n) is 2.50. The number of carbonyl (C=O) groups is 1. The van der Waals surface area contributed by atoms with Crippen molar-refractivity contribution in [1.29, 1.82) is 0 Å². The van der Waals surface area contributed by atoms with Crippen LogP contribution in [-0.4, -0.2) is 21.0 Å². The van der Waals surface area contributed by atoms with E-state index in [-0.39, 0.29) is 5.75 Å². The number of nitrogens with zero attached hydrogens (tertiary/aromatic N) is 2. The molecular formula is C13H10N2O5. The Bertz CT molecular complexity index is 630. The highest BCUT2D eigenvalue weighted by atomic mass is 16.6. The van der Waals surface area contributed by atoms with E-state index in [1.54, 1.807) is 30.3 Å². The van der Waals surface area contributed by atoms with Gasteiger partial charge in [-0.15, -0.1) is 0 Å². The number of aliphatic carboxylic acids is 1. The fourth-order valence-corrected chi connectivity index (χ4v) is 1.63. The van der Waals surface area contributed by atoms with Gasteiger partial charge in [-0.25, -0.2) is 4.79 Å². The third-order valence-corrected chi connectivity index (χ3v) is 2.50. The van der Waals surface area contributed by atoms with Crippen molar-refractivity contribution in [3.05, 3.63) is 64.3 Å². The molecular weight excluding hydrogens is 264 g/mol. The number of benzene rings is 1. The van der Waals surface area contributed by atoms with Crippen LogP contribution in [0.3, 0.4) is 0 Å². The molecule has 2 rings (SSSR count). The van der Waals surface area contributed by atoms with Gasteiger partial charge in [0, 0.05) is 5.56 Å². The number of carboxylic acids is 1. The van der Waals surface area contributed by atoms with Crippen molar-refractivity contribution in [2.75, 3.05) is 0 Å². The molecule has 1 N–H and O–H groups in total. The van der Waals surface area contributed by atoms with Crippen LogP contribution < -0.4 is 4.74 Å². The lowest BCUT2D eigenvalue weighted by molar-refractivity contribution is -0.390. The quantitative estimate of drug-likeness (QED) is 0.662. The second-order valence-electron chi connectivity index (χ2n) is 3.83. The fraction of sp³-hybridized carbons (Fsp3) is 0.0769. The van der Waals surface area contributed by atoms with Gasteiger partial charge in [0.2, 0.25) is 11.9 Å². The molecule has 1 aromatic carbocycles. The maximum Gasteiger partial charge on any atom is 0.406 e. The highest BCUT2D eigenvalue weighted by Gasteiger charge is 2.26. The van der Waals surface area contributed by atoms with E-state index in [1.165, 1.54) is 18.3 Å². The summed E-state index contributed by atoms with van der Waals surface area (Å²) >= 11 is 0. The van der Waals surface area contributed by atoms with Crippen LogP contribution in [0.15, 0.2) is 48.7 Å². The topological polar surface area (TPSA) is 103 Å². The van der Waals surface area contributed by atoms with E-state index in [9.17, 15) is 20.0 Å². The van der Waals surface area contributed by atoms with E-state index in [4.69, 9.17) is 4.74 Å². The molecule has 2 aromatic rings. The molecule has 1 unspecified atom stereocenters. The molecule has 1 heterocycles. The zero-order chi connectivity index (χ0) is 14.5. The Morgan fingerprint density at radius 1 is 1.25 bits per heavy atom. The summed E-state index contributed by atoms with van der Waals surface area (Å²) < 4.78 is 5.25. The Hall–Kier alpha value is -2.96. The molecule has 0 bridgehead atoms. The maximum absolute atomic E-state index is 11.3. The van der Waals surface area contributed by atoms with Gasteiger partial charge in [0.25, 0.3) is 0 Å². The molecule has 20 heavy (non-hydrogen) atoms. The zero-order valence-corrected chi connectivity index (χ0v) is 10.2. The fourth-order valence-electron chi connectivity index (χ4n) is 1.63. The van der Waals surface area contributed by atoms with E-state index in [0.29, 0.717) is 5.56 Å². The summed E-state index contributed by atoms with van der Waals surface area (Å²) in [6.45, 7) is 0. The number of nitro groups is 1. The van der Waals surface area contributed by atoms with Gasteiger partial charge in [-0.05, 0) is 22.0 Å². The Morgan fingerprint density at radius 2 is 1.95 bits per heavy atom. The van der Waals surface area contributed by atoms with Gasteiger partial charge in [0.05, 0.1) is 0 Å². The summed E-state index contributed by atoms with van der Waals surface area (Å²) in [5.74, 6) is -1.95. The molecule has 0 radical (unpaired) electrons. The number of rotatable bonds is 5. The lowest BCUT2D eigenvalue weighted by Gasteiger charge is -2.14. The van der Waals surface area contributed by atoms with Gasteiger partial charge in [0.1, 0.15) is 6.20 Å². The second kappa shape index (κ2) is 5.79. The van der Waals surface area contributed by atoms with E-state index < -0.39 is 22.8 Å². The van der Waals surface area contributed by atoms with Gasteiger partial charge in [0.15, 0.2) is 0 Å². The Labute approximate surface area is 113 Å². The highest BCUT2D eigenvalue weighted by molar-refractivity contribution is 5.75. The van der Waals surface area contributed by atoms with Crippen LogP contribution >= 0.6 is 0 Å². The second-order valence-corrected chi connectivity index (χ2v) is 3.83. The number of hydrogen-bond donors (Lipinski definition) is 1. The summed E-state index contributed by atoms with van der Waals surface area (Å²) in [7, 11) is 0. The minimum Gasteiger partial charge on any atom is -0.478 e. The minimum atomic E-state index is -1.33. The van der Waals surface area contributed by atoms with Crippen molar-refractivity contribution in [3.8, 4) is 5.75 Å². The molecule has 0 saturated carbocycles. The van der Waals surface area contributed by atoms with Crippen LogP contribution in [0.25, 0.3) is 0 Å². The number of ether oxygens (including phenoxy) is 1. The third kappa shape index (κ3) is 2.89. The smallest absolute Gasteiger partial charge is 0.406 e. The predicted molar refractivity (Wildman–Crippen MR) is 68.3 cm³/mol. The van der Waals surface area contributed by atoms with Crippen LogP contribution in [0.1, 0.15) is 11.7 Å². The molecule has 7 nitrogen and oxygen atoms in total. The number of hydrogen-bond acceptors (Lipinski definition) is 5. The first-order valence-electron chi connectivity index (χ1n) is 5.63. The summed E-state index contributed by atoms with van der Waals surface area (Å²) in [5, 5.41) is 20.0. The number of carboxylic acid groups (broad SMARTS) is 1. The molecule has 0 spiro atoms. The number of pyridine rings is 1. The lowest BCUT2D eigenvalue weighted by atomic mass is 10.1. The van der Waals surface area contributed by atoms with E-state index in [1.807, 2.05) is 0 Å². The Balaban J connectivity index is 2.35. The first-order valence-corrected chi connectivity index (χ1v) is 5.63. The largest absolute Gasteiger partial charge is 0.478 e. The normalized spacial score (nSPS) is 11.6. The van der Waals surface area contributed by atoms with Crippen LogP contribution in [0.5, 0.6) is 5.75 Å². The average Bonchev–Trinajstić information content (AvgIpc) is 2.45. The molecule has 1 aromatic heterocycles. The minimum absolute atomic E-state index is 0.186. The van der Waals surface area contributed by atoms with Gasteiger partial charge in [-0.1, -0.05) is 30.3 Å². The highest BCUT2D eigenvalue weighted by Crippen LogP contribution is 2.28. The summed E-state index contributed by atoms with van der Waals surface area (Å²) in [5.41, 5.74) is 0.387. The van der Waals surface area contributed by atoms with Crippen LogP contribution in [0.4, 0.5) is 5.82 Å². The maximum atomic E-state index is 11.3. The van der Waals surface area contributed by atoms with E-state index in [2.05, 4.69) is 4.98 Å². The zero-order valence-electron chi connectivity index (χ0n) is 10.2. The van der Waals surface area contributed by atoms with Crippen LogP contribution in [-0.2, 0) is 4.79 Å². The van der Waals surface area contributed by atoms with Crippen molar-refractivity contribution >= 4 is 11.8 Å². The SMILES string of the molecule is O=C(O)C(Oc1cccnc1[N+](=O)[O-])c1ccccc1. The molecule has 0 fully saturated rings. The monoisotopic (exact) mass is 274 g/mol. The van der Waals surface area contributed by atoms with Crippen LogP contribution in [0, 0.1) is 10.1 Å². The van der Waals surface area contributed by atoms with Crippen molar-refractivity contribution in [3.63, 3.8) is 0 Å². The molecule has 1 atom stereocenters. The summed E-state index contributed by atoms with van der Waals surface area (Å²) in [6, 6.07) is 10.9. The Kier molecular flexibility index (Phi) is 3.90. The summed E-state index contributed by atoms with van der Waals surface area (Å²) in [4.78, 5) is 24.9. The molecule has 0 aliphatic rings. The van der Waals surface area contributed by atoms with Crippen molar-refractivity contribution in [1.82, 2.24) is 4.98 Å². The molecule has 0 amide bonds. The molecule has 0 saturated heterocycles. The van der Waals surface area contributed by atoms with Crippen molar-refractivity contribution in [2.24, 2.45) is 0 Å². The molecule has 0 aliphatic heterocycles. The van der Waals surface area contributed by atoms with E-state index >= 15 is 0 Å². The first kappa shape index (κ1) is 13.5. The molecule has 102 valence electrons. The summed E-state index contributed by atoms with van der Waals surface area (Å²) in [6.07, 6.45) is -0.0948. The standard InChI is InChI=1S/C13H10N2O5/c16-13(17)11(9-5-2-1-3-6-9)20-10-7-4-8-14-12(10)15(18)19/h1-8,11H,(H,16,17). The van der Waals surface area contributed by atoms with E-state index in [0.717, 1.165) is 0 Å². The predicted octanol–water partition coefficient (Wildman–Crippen LogP) is 2.19. The van der Waals surface area contributed by atoms with Gasteiger partial charge >= 0.3 is 11.8 Å². The lowest BCUT2D eigenvalue weighted by Crippen LogP contribution is -2.18. The van der Waals surface area contributed by atoms with Gasteiger partial charge in [-0.3, -0.25) is 0 Å². The van der Waals surface area contributed by atoms with Crippen molar-refractivity contribution in [2.45, 2.75) is 6.10 Å². The number of aromatic nitrogens is 1. The van der Waals surface area contributed by atoms with Gasteiger partial charge in [-0.2, -0.15) is 0 Å². The average molecular weight is 274 g/mol. The van der Waals surface area contributed by atoms with Crippen molar-refractivity contribution < 1.29 is 19.6 Å².